The van der Waals surface area contributed by atoms with Crippen LogP contribution in [0.2, 0.25) is 0 Å². The fourth-order valence-electron chi connectivity index (χ4n) is 1.92. The third-order valence-corrected chi connectivity index (χ3v) is 2.59. The van der Waals surface area contributed by atoms with Crippen LogP contribution in [0.3, 0.4) is 0 Å². The predicted molar refractivity (Wildman–Crippen MR) is 60.8 cm³/mol. The van der Waals surface area contributed by atoms with Gasteiger partial charge in [0, 0.05) is 13.2 Å². The lowest BCUT2D eigenvalue weighted by molar-refractivity contribution is 0.125. The van der Waals surface area contributed by atoms with Crippen molar-refractivity contribution in [2.45, 2.75) is 32.9 Å². The molecule has 0 saturated heterocycles. The third kappa shape index (κ3) is 1.92. The van der Waals surface area contributed by atoms with Gasteiger partial charge in [0.05, 0.1) is 6.10 Å². The summed E-state index contributed by atoms with van der Waals surface area (Å²) >= 11 is 0. The molecule has 0 aromatic carbocycles. The molecule has 2 aliphatic rings. The molecule has 0 fully saturated rings. The molecule has 1 unspecified atom stereocenters. The van der Waals surface area contributed by atoms with Crippen LogP contribution in [-0.2, 0) is 4.74 Å². The number of hydrogen-bond acceptors (Lipinski definition) is 3. The molecule has 1 heterocycles. The Morgan fingerprint density at radius 3 is 2.80 bits per heavy atom. The van der Waals surface area contributed by atoms with Crippen molar-refractivity contribution in [3.05, 3.63) is 35.3 Å². The second-order valence-electron chi connectivity index (χ2n) is 4.34. The molecule has 0 aromatic heterocycles. The molecule has 3 heteroatoms. The van der Waals surface area contributed by atoms with E-state index in [1.165, 1.54) is 11.1 Å². The van der Waals surface area contributed by atoms with E-state index in [0.717, 1.165) is 5.76 Å². The van der Waals surface area contributed by atoms with Crippen LogP contribution < -0.4 is 5.43 Å². The summed E-state index contributed by atoms with van der Waals surface area (Å²) in [5.41, 5.74) is 5.95. The molecule has 1 aliphatic heterocycles. The molecule has 1 aliphatic carbocycles. The minimum atomic E-state index is 0.197. The SMILES string of the molecule is CC1=CC=C(OC(C)C)C2NN(C)C=C12. The van der Waals surface area contributed by atoms with Gasteiger partial charge in [0.25, 0.3) is 0 Å². The second kappa shape index (κ2) is 3.74. The van der Waals surface area contributed by atoms with Crippen molar-refractivity contribution in [1.29, 1.82) is 0 Å². The Hall–Kier alpha value is -1.22. The van der Waals surface area contributed by atoms with Crippen molar-refractivity contribution in [2.75, 3.05) is 7.05 Å². The largest absolute Gasteiger partial charge is 0.493 e. The van der Waals surface area contributed by atoms with E-state index in [4.69, 9.17) is 4.74 Å². The number of rotatable bonds is 2. The molecule has 1 N–H and O–H groups in total. The summed E-state index contributed by atoms with van der Waals surface area (Å²) in [6.45, 7) is 6.23. The maximum Gasteiger partial charge on any atom is 0.120 e. The van der Waals surface area contributed by atoms with E-state index < -0.39 is 0 Å². The van der Waals surface area contributed by atoms with Crippen LogP contribution in [0.15, 0.2) is 35.3 Å². The summed E-state index contributed by atoms with van der Waals surface area (Å²) in [7, 11) is 2.01. The second-order valence-corrected chi connectivity index (χ2v) is 4.34. The molecule has 3 nitrogen and oxygen atoms in total. The van der Waals surface area contributed by atoms with E-state index >= 15 is 0 Å². The summed E-state index contributed by atoms with van der Waals surface area (Å²) in [5, 5.41) is 1.99. The highest BCUT2D eigenvalue weighted by Gasteiger charge is 2.30. The predicted octanol–water partition coefficient (Wildman–Crippen LogP) is 1.96. The molecule has 1 atom stereocenters. The Morgan fingerprint density at radius 2 is 2.13 bits per heavy atom. The number of allylic oxidation sites excluding steroid dienone is 2. The first-order valence-electron chi connectivity index (χ1n) is 5.34. The third-order valence-electron chi connectivity index (χ3n) is 2.59. The maximum absolute atomic E-state index is 5.79. The summed E-state index contributed by atoms with van der Waals surface area (Å²) in [5.74, 6) is 1.01. The van der Waals surface area contributed by atoms with Crippen molar-refractivity contribution in [3.8, 4) is 0 Å². The Labute approximate surface area is 91.1 Å². The lowest BCUT2D eigenvalue weighted by Gasteiger charge is -2.25. The number of hydrazine groups is 1. The molecule has 15 heavy (non-hydrogen) atoms. The highest BCUT2D eigenvalue weighted by molar-refractivity contribution is 5.46. The van der Waals surface area contributed by atoms with Crippen LogP contribution >= 0.6 is 0 Å². The van der Waals surface area contributed by atoms with Gasteiger partial charge in [-0.25, -0.2) is 5.43 Å². The Kier molecular flexibility index (Phi) is 2.57. The molecular weight excluding hydrogens is 188 g/mol. The van der Waals surface area contributed by atoms with Crippen molar-refractivity contribution >= 4 is 0 Å². The number of hydrogen-bond donors (Lipinski definition) is 1. The van der Waals surface area contributed by atoms with Crippen molar-refractivity contribution in [3.63, 3.8) is 0 Å². The number of fused-ring (bicyclic) bond motifs is 1. The molecule has 0 amide bonds. The van der Waals surface area contributed by atoms with E-state index in [1.54, 1.807) is 0 Å². The average Bonchev–Trinajstić information content (AvgIpc) is 2.52. The summed E-state index contributed by atoms with van der Waals surface area (Å²) in [4.78, 5) is 0. The Morgan fingerprint density at radius 1 is 1.40 bits per heavy atom. The van der Waals surface area contributed by atoms with Gasteiger partial charge < -0.3 is 9.75 Å². The molecule has 2 rings (SSSR count). The standard InChI is InChI=1S/C12H18N2O/c1-8(2)15-11-6-5-9(3)10-7-14(4)13-12(10)11/h5-8,12-13H,1-4H3. The average molecular weight is 206 g/mol. The molecule has 0 spiro atoms. The van der Waals surface area contributed by atoms with Gasteiger partial charge in [-0.3, -0.25) is 0 Å². The number of nitrogens with one attached hydrogen (secondary N) is 1. The lowest BCUT2D eigenvalue weighted by atomic mass is 9.95. The number of nitrogens with zero attached hydrogens (tertiary/aromatic N) is 1. The van der Waals surface area contributed by atoms with Gasteiger partial charge in [-0.1, -0.05) is 6.08 Å². The molecular formula is C12H18N2O. The van der Waals surface area contributed by atoms with Crippen LogP contribution in [0.1, 0.15) is 20.8 Å². The zero-order valence-electron chi connectivity index (χ0n) is 9.74. The number of ether oxygens (including phenoxy) is 1. The van der Waals surface area contributed by atoms with E-state index in [9.17, 15) is 0 Å². The first kappa shape index (κ1) is 10.3. The fourth-order valence-corrected chi connectivity index (χ4v) is 1.92. The smallest absolute Gasteiger partial charge is 0.120 e. The molecule has 0 radical (unpaired) electrons. The minimum absolute atomic E-state index is 0.197. The van der Waals surface area contributed by atoms with Crippen molar-refractivity contribution in [2.24, 2.45) is 0 Å². The first-order valence-corrected chi connectivity index (χ1v) is 5.34. The van der Waals surface area contributed by atoms with E-state index in [1.807, 2.05) is 25.9 Å². The van der Waals surface area contributed by atoms with Crippen molar-refractivity contribution in [1.82, 2.24) is 10.4 Å². The Balaban J connectivity index is 2.25. The van der Waals surface area contributed by atoms with Gasteiger partial charge in [0.1, 0.15) is 11.8 Å². The fraction of sp³-hybridized carbons (Fsp3) is 0.500. The zero-order valence-corrected chi connectivity index (χ0v) is 9.74. The van der Waals surface area contributed by atoms with E-state index in [2.05, 4.69) is 30.7 Å². The van der Waals surface area contributed by atoms with Gasteiger partial charge >= 0.3 is 0 Å². The van der Waals surface area contributed by atoms with Gasteiger partial charge in [-0.05, 0) is 38.0 Å². The monoisotopic (exact) mass is 206 g/mol. The van der Waals surface area contributed by atoms with Crippen LogP contribution in [0, 0.1) is 0 Å². The van der Waals surface area contributed by atoms with Gasteiger partial charge in [-0.2, -0.15) is 0 Å². The first-order chi connectivity index (χ1) is 7.08. The quantitative estimate of drug-likeness (QED) is 0.747. The van der Waals surface area contributed by atoms with E-state index in [0.29, 0.717) is 0 Å². The van der Waals surface area contributed by atoms with Crippen LogP contribution in [0.25, 0.3) is 0 Å². The van der Waals surface area contributed by atoms with E-state index in [-0.39, 0.29) is 12.1 Å². The van der Waals surface area contributed by atoms with Gasteiger partial charge in [0.2, 0.25) is 0 Å². The highest BCUT2D eigenvalue weighted by atomic mass is 16.5. The topological polar surface area (TPSA) is 24.5 Å². The van der Waals surface area contributed by atoms with Crippen LogP contribution in [-0.4, -0.2) is 24.2 Å². The molecule has 0 saturated carbocycles. The molecule has 82 valence electrons. The summed E-state index contributed by atoms with van der Waals surface area (Å²) in [6.07, 6.45) is 6.51. The summed E-state index contributed by atoms with van der Waals surface area (Å²) in [6, 6.07) is 0.197. The zero-order chi connectivity index (χ0) is 11.0. The maximum atomic E-state index is 5.79. The lowest BCUT2D eigenvalue weighted by Crippen LogP contribution is -2.37. The van der Waals surface area contributed by atoms with Crippen molar-refractivity contribution < 1.29 is 4.74 Å². The van der Waals surface area contributed by atoms with Crippen LogP contribution in [0.5, 0.6) is 0 Å². The van der Waals surface area contributed by atoms with Gasteiger partial charge in [-0.15, -0.1) is 0 Å². The normalized spacial score (nSPS) is 24.7. The summed E-state index contributed by atoms with van der Waals surface area (Å²) < 4.78 is 5.79. The molecule has 0 bridgehead atoms. The van der Waals surface area contributed by atoms with Crippen LogP contribution in [0.4, 0.5) is 0 Å². The highest BCUT2D eigenvalue weighted by Crippen LogP contribution is 2.29. The Bertz CT molecular complexity index is 353. The van der Waals surface area contributed by atoms with Gasteiger partial charge in [0.15, 0.2) is 0 Å². The molecule has 0 aromatic rings. The minimum Gasteiger partial charge on any atom is -0.493 e.